The molecule has 0 rings (SSSR count). The fourth-order valence-electron chi connectivity index (χ4n) is 1.05. The molecule has 8 heteroatoms. The molecule has 5 nitrogen and oxygen atoms in total. The minimum Gasteiger partial charge on any atom is -0.438 e. The summed E-state index contributed by atoms with van der Waals surface area (Å²) in [7, 11) is 1.20. The molecule has 0 aromatic rings. The molecule has 0 aliphatic heterocycles. The average molecular weight is 283 g/mol. The van der Waals surface area contributed by atoms with Crippen molar-refractivity contribution >= 4 is 12.1 Å². The number of carbonyl (C=O) groups excluding carboxylic acids is 2. The molecular weight excluding hydrogens is 267 g/mol. The van der Waals surface area contributed by atoms with Gasteiger partial charge in [0.1, 0.15) is 6.61 Å². The Morgan fingerprint density at radius 3 is 2.47 bits per heavy atom. The SMILES string of the molecule is COC(=O)OC/C=C/CCCCNC(=O)C(F)(F)F. The summed E-state index contributed by atoms with van der Waals surface area (Å²) < 4.78 is 44.1. The van der Waals surface area contributed by atoms with Gasteiger partial charge in [-0.3, -0.25) is 4.79 Å². The van der Waals surface area contributed by atoms with Crippen molar-refractivity contribution < 1.29 is 32.2 Å². The van der Waals surface area contributed by atoms with E-state index in [1.165, 1.54) is 7.11 Å². The van der Waals surface area contributed by atoms with E-state index in [1.807, 2.05) is 0 Å². The number of amides is 1. The minimum atomic E-state index is -4.83. The van der Waals surface area contributed by atoms with Crippen molar-refractivity contribution in [2.45, 2.75) is 25.4 Å². The van der Waals surface area contributed by atoms with Crippen molar-refractivity contribution in [1.82, 2.24) is 5.32 Å². The van der Waals surface area contributed by atoms with Crippen LogP contribution in [0.15, 0.2) is 12.2 Å². The van der Waals surface area contributed by atoms with Crippen molar-refractivity contribution in [3.05, 3.63) is 12.2 Å². The largest absolute Gasteiger partial charge is 0.508 e. The van der Waals surface area contributed by atoms with Crippen molar-refractivity contribution in [2.24, 2.45) is 0 Å². The maximum atomic E-state index is 11.8. The van der Waals surface area contributed by atoms with E-state index in [4.69, 9.17) is 0 Å². The van der Waals surface area contributed by atoms with Gasteiger partial charge in [-0.05, 0) is 19.3 Å². The predicted octanol–water partition coefficient (Wildman–Crippen LogP) is 2.17. The molecule has 1 N–H and O–H groups in total. The molecule has 0 bridgehead atoms. The summed E-state index contributed by atoms with van der Waals surface area (Å²) in [5, 5.41) is 1.77. The lowest BCUT2D eigenvalue weighted by Gasteiger charge is -2.06. The topological polar surface area (TPSA) is 64.6 Å². The van der Waals surface area contributed by atoms with Crippen LogP contribution in [0.2, 0.25) is 0 Å². The molecule has 0 atom stereocenters. The lowest BCUT2D eigenvalue weighted by molar-refractivity contribution is -0.173. The van der Waals surface area contributed by atoms with E-state index in [1.54, 1.807) is 17.5 Å². The van der Waals surface area contributed by atoms with Crippen molar-refractivity contribution in [2.75, 3.05) is 20.3 Å². The number of carbonyl (C=O) groups is 2. The number of alkyl halides is 3. The molecular formula is C11H16F3NO4. The summed E-state index contributed by atoms with van der Waals surface area (Å²) >= 11 is 0. The van der Waals surface area contributed by atoms with E-state index < -0.39 is 18.2 Å². The van der Waals surface area contributed by atoms with E-state index in [2.05, 4.69) is 9.47 Å². The molecule has 0 spiro atoms. The molecule has 0 saturated heterocycles. The Bertz CT molecular complexity index is 316. The van der Waals surface area contributed by atoms with E-state index >= 15 is 0 Å². The van der Waals surface area contributed by atoms with E-state index in [0.29, 0.717) is 19.3 Å². The zero-order valence-corrected chi connectivity index (χ0v) is 10.5. The van der Waals surface area contributed by atoms with Crippen LogP contribution in [-0.2, 0) is 14.3 Å². The Kier molecular flexibility index (Phi) is 8.39. The summed E-state index contributed by atoms with van der Waals surface area (Å²) in [6, 6.07) is 0. The average Bonchev–Trinajstić information content (AvgIpc) is 2.34. The second kappa shape index (κ2) is 9.23. The quantitative estimate of drug-likeness (QED) is 0.442. The van der Waals surface area contributed by atoms with E-state index in [0.717, 1.165) is 0 Å². The van der Waals surface area contributed by atoms with Crippen LogP contribution >= 0.6 is 0 Å². The molecule has 0 aromatic heterocycles. The Labute approximate surface area is 108 Å². The van der Waals surface area contributed by atoms with Gasteiger partial charge >= 0.3 is 18.2 Å². The molecule has 1 amide bonds. The first-order chi connectivity index (χ1) is 8.88. The molecule has 0 fully saturated rings. The Balaban J connectivity index is 3.43. The van der Waals surface area contributed by atoms with Crippen LogP contribution in [0, 0.1) is 0 Å². The maximum Gasteiger partial charge on any atom is 0.508 e. The third-order valence-electron chi connectivity index (χ3n) is 1.97. The molecule has 110 valence electrons. The van der Waals surface area contributed by atoms with Gasteiger partial charge in [0.15, 0.2) is 0 Å². The van der Waals surface area contributed by atoms with E-state index in [9.17, 15) is 22.8 Å². The Morgan fingerprint density at radius 2 is 1.89 bits per heavy atom. The molecule has 0 heterocycles. The van der Waals surface area contributed by atoms with Gasteiger partial charge < -0.3 is 14.8 Å². The fraction of sp³-hybridized carbons (Fsp3) is 0.636. The van der Waals surface area contributed by atoms with Gasteiger partial charge in [-0.1, -0.05) is 12.2 Å². The van der Waals surface area contributed by atoms with Gasteiger partial charge in [-0.15, -0.1) is 0 Å². The molecule has 19 heavy (non-hydrogen) atoms. The summed E-state index contributed by atoms with van der Waals surface area (Å²) in [6.07, 6.45) is -0.603. The smallest absolute Gasteiger partial charge is 0.438 e. The summed E-state index contributed by atoms with van der Waals surface area (Å²) in [5.74, 6) is -1.92. The fourth-order valence-corrected chi connectivity index (χ4v) is 1.05. The van der Waals surface area contributed by atoms with Crippen LogP contribution in [0.4, 0.5) is 18.0 Å². The van der Waals surface area contributed by atoms with Crippen molar-refractivity contribution in [3.63, 3.8) is 0 Å². The highest BCUT2D eigenvalue weighted by atomic mass is 19.4. The first-order valence-electron chi connectivity index (χ1n) is 5.58. The third-order valence-corrected chi connectivity index (χ3v) is 1.97. The summed E-state index contributed by atoms with van der Waals surface area (Å²) in [6.45, 7) is 0.0579. The van der Waals surface area contributed by atoms with Crippen LogP contribution in [0.25, 0.3) is 0 Å². The first kappa shape index (κ1) is 17.3. The Morgan fingerprint density at radius 1 is 1.21 bits per heavy atom. The maximum absolute atomic E-state index is 11.8. The second-order valence-electron chi connectivity index (χ2n) is 3.49. The minimum absolute atomic E-state index is 0.0230. The number of nitrogens with one attached hydrogen (secondary N) is 1. The zero-order chi connectivity index (χ0) is 14.7. The molecule has 0 aliphatic carbocycles. The highest BCUT2D eigenvalue weighted by molar-refractivity contribution is 5.81. The number of halogens is 3. The van der Waals surface area contributed by atoms with Crippen molar-refractivity contribution in [3.8, 4) is 0 Å². The number of methoxy groups -OCH3 is 1. The lowest BCUT2D eigenvalue weighted by Crippen LogP contribution is -2.37. The normalized spacial score (nSPS) is 11.4. The number of unbranched alkanes of at least 4 members (excludes halogenated alkanes) is 2. The Hall–Kier alpha value is -1.73. The standard InChI is InChI=1S/C11H16F3NO4/c1-18-10(17)19-8-6-4-2-3-5-7-15-9(16)11(12,13)14/h4,6H,2-3,5,7-8H2,1H3,(H,15,16)/b6-4+. The van der Waals surface area contributed by atoms with Crippen LogP contribution in [0.5, 0.6) is 0 Å². The molecule has 0 saturated carbocycles. The van der Waals surface area contributed by atoms with Gasteiger partial charge in [0, 0.05) is 6.54 Å². The monoisotopic (exact) mass is 283 g/mol. The van der Waals surface area contributed by atoms with Crippen LogP contribution in [0.1, 0.15) is 19.3 Å². The molecule has 0 radical (unpaired) electrons. The van der Waals surface area contributed by atoms with Crippen molar-refractivity contribution in [1.29, 1.82) is 0 Å². The zero-order valence-electron chi connectivity index (χ0n) is 10.5. The van der Waals surface area contributed by atoms with Gasteiger partial charge in [0.2, 0.25) is 0 Å². The number of ether oxygens (including phenoxy) is 2. The van der Waals surface area contributed by atoms with Crippen LogP contribution in [-0.4, -0.2) is 38.5 Å². The number of rotatable bonds is 7. The third kappa shape index (κ3) is 9.93. The van der Waals surface area contributed by atoms with Crippen LogP contribution < -0.4 is 5.32 Å². The van der Waals surface area contributed by atoms with E-state index in [-0.39, 0.29) is 13.2 Å². The molecule has 0 aliphatic rings. The molecule has 0 unspecified atom stereocenters. The summed E-state index contributed by atoms with van der Waals surface area (Å²) in [4.78, 5) is 20.9. The first-order valence-corrected chi connectivity index (χ1v) is 5.58. The predicted molar refractivity (Wildman–Crippen MR) is 60.4 cm³/mol. The number of allylic oxidation sites excluding steroid dienone is 1. The van der Waals surface area contributed by atoms with Crippen LogP contribution in [0.3, 0.4) is 0 Å². The van der Waals surface area contributed by atoms with Gasteiger partial charge in [0.05, 0.1) is 7.11 Å². The van der Waals surface area contributed by atoms with Gasteiger partial charge in [-0.2, -0.15) is 13.2 Å². The number of hydrogen-bond acceptors (Lipinski definition) is 4. The highest BCUT2D eigenvalue weighted by Crippen LogP contribution is 2.13. The summed E-state index contributed by atoms with van der Waals surface area (Å²) in [5.41, 5.74) is 0. The van der Waals surface area contributed by atoms with Gasteiger partial charge in [0.25, 0.3) is 0 Å². The lowest BCUT2D eigenvalue weighted by atomic mass is 10.2. The number of hydrogen-bond donors (Lipinski definition) is 1. The van der Waals surface area contributed by atoms with Gasteiger partial charge in [-0.25, -0.2) is 4.79 Å². The second-order valence-corrected chi connectivity index (χ2v) is 3.49. The highest BCUT2D eigenvalue weighted by Gasteiger charge is 2.38. The molecule has 0 aromatic carbocycles.